The van der Waals surface area contributed by atoms with Crippen LogP contribution in [0.1, 0.15) is 6.92 Å². The second kappa shape index (κ2) is 2.61. The summed E-state index contributed by atoms with van der Waals surface area (Å²) in [6, 6.07) is 1.62. The Morgan fingerprint density at radius 1 is 1.82 bits per heavy atom. The molecule has 1 aromatic rings. The minimum atomic E-state index is -0.0897. The lowest BCUT2D eigenvalue weighted by molar-refractivity contribution is -0.117. The van der Waals surface area contributed by atoms with Crippen molar-refractivity contribution in [3.8, 4) is 0 Å². The summed E-state index contributed by atoms with van der Waals surface area (Å²) in [4.78, 5) is 12.2. The van der Waals surface area contributed by atoms with Gasteiger partial charge in [-0.15, -0.1) is 5.10 Å². The van der Waals surface area contributed by atoms with E-state index in [4.69, 9.17) is 5.73 Å². The number of amides is 1. The summed E-state index contributed by atoms with van der Waals surface area (Å²) in [6.07, 6.45) is 1.62. The number of nitrogen functional groups attached to an aromatic ring is 1. The lowest BCUT2D eigenvalue weighted by Crippen LogP contribution is -2.34. The van der Waals surface area contributed by atoms with Crippen LogP contribution in [0, 0.1) is 0 Å². The average Bonchev–Trinajstić information content (AvgIpc) is 2.34. The van der Waals surface area contributed by atoms with Crippen LogP contribution in [0.15, 0.2) is 12.3 Å². The summed E-state index contributed by atoms with van der Waals surface area (Å²) in [5.41, 5.74) is 5.35. The highest BCUT2D eigenvalue weighted by Crippen LogP contribution is 1.95. The molecule has 2 N–H and O–H groups in total. The van der Waals surface area contributed by atoms with Gasteiger partial charge in [0.1, 0.15) is 5.82 Å². The number of anilines is 1. The zero-order valence-electron chi connectivity index (χ0n) is 6.48. The molecule has 60 valence electrons. The fourth-order valence-corrected chi connectivity index (χ4v) is 0.639. The Balaban J connectivity index is 2.84. The van der Waals surface area contributed by atoms with Gasteiger partial charge in [-0.1, -0.05) is 0 Å². The largest absolute Gasteiger partial charge is 0.382 e. The number of carbonyl (C=O) groups excluding carboxylic acids is 1. The van der Waals surface area contributed by atoms with Crippen LogP contribution in [-0.2, 0) is 4.79 Å². The molecule has 1 rings (SSSR count). The Kier molecular flexibility index (Phi) is 1.80. The molecule has 5 nitrogen and oxygen atoms in total. The number of nitrogens with two attached hydrogens (primary N) is 1. The Bertz CT molecular complexity index is 267. The van der Waals surface area contributed by atoms with Gasteiger partial charge in [0.2, 0.25) is 5.91 Å². The van der Waals surface area contributed by atoms with Crippen LogP contribution in [0.3, 0.4) is 0 Å². The summed E-state index contributed by atoms with van der Waals surface area (Å²) in [6.45, 7) is 1.46. The molecule has 0 radical (unpaired) electrons. The SMILES string of the molecule is CC(=O)N(C)n1ccc(N)n1. The van der Waals surface area contributed by atoms with Gasteiger partial charge in [-0.3, -0.25) is 4.79 Å². The predicted molar refractivity (Wildman–Crippen MR) is 41.5 cm³/mol. The molecule has 0 bridgehead atoms. The number of hydrogen-bond donors (Lipinski definition) is 1. The third kappa shape index (κ3) is 1.49. The van der Waals surface area contributed by atoms with Crippen LogP contribution >= 0.6 is 0 Å². The summed E-state index contributed by atoms with van der Waals surface area (Å²) in [5, 5.41) is 5.19. The van der Waals surface area contributed by atoms with Crippen molar-refractivity contribution in [3.63, 3.8) is 0 Å². The van der Waals surface area contributed by atoms with Crippen LogP contribution in [0.25, 0.3) is 0 Å². The van der Waals surface area contributed by atoms with Gasteiger partial charge in [-0.2, -0.15) is 4.79 Å². The Morgan fingerprint density at radius 3 is 2.82 bits per heavy atom. The number of rotatable bonds is 1. The van der Waals surface area contributed by atoms with Crippen LogP contribution in [0.5, 0.6) is 0 Å². The van der Waals surface area contributed by atoms with Gasteiger partial charge in [0.05, 0.1) is 6.20 Å². The van der Waals surface area contributed by atoms with Gasteiger partial charge >= 0.3 is 0 Å². The first-order valence-corrected chi connectivity index (χ1v) is 3.17. The molecule has 0 unspecified atom stereocenters. The molecule has 1 heterocycles. The van der Waals surface area contributed by atoms with E-state index in [0.717, 1.165) is 0 Å². The normalized spacial score (nSPS) is 9.64. The zero-order chi connectivity index (χ0) is 8.43. The van der Waals surface area contributed by atoms with Crippen LogP contribution in [-0.4, -0.2) is 22.8 Å². The molecule has 11 heavy (non-hydrogen) atoms. The molecular formula is C6H10N4O. The van der Waals surface area contributed by atoms with Crippen LogP contribution < -0.4 is 10.7 Å². The maximum atomic E-state index is 10.8. The monoisotopic (exact) mass is 154 g/mol. The fraction of sp³-hybridized carbons (Fsp3) is 0.333. The van der Waals surface area contributed by atoms with E-state index >= 15 is 0 Å². The van der Waals surface area contributed by atoms with Crippen molar-refractivity contribution in [3.05, 3.63) is 12.3 Å². The molecule has 0 fully saturated rings. The van der Waals surface area contributed by atoms with Crippen molar-refractivity contribution in [2.45, 2.75) is 6.92 Å². The van der Waals surface area contributed by atoms with E-state index in [1.807, 2.05) is 0 Å². The Morgan fingerprint density at radius 2 is 2.45 bits per heavy atom. The number of carbonyl (C=O) groups is 1. The maximum absolute atomic E-state index is 10.8. The molecule has 0 atom stereocenters. The average molecular weight is 154 g/mol. The molecule has 0 aromatic carbocycles. The smallest absolute Gasteiger partial charge is 0.239 e. The van der Waals surface area contributed by atoms with Gasteiger partial charge < -0.3 is 5.73 Å². The zero-order valence-corrected chi connectivity index (χ0v) is 6.48. The van der Waals surface area contributed by atoms with Gasteiger partial charge in [0, 0.05) is 20.0 Å². The van der Waals surface area contributed by atoms with Gasteiger partial charge in [-0.25, -0.2) is 5.01 Å². The molecule has 0 aliphatic rings. The first-order chi connectivity index (χ1) is 5.11. The quantitative estimate of drug-likeness (QED) is 0.597. The Hall–Kier alpha value is -1.52. The molecule has 5 heteroatoms. The lowest BCUT2D eigenvalue weighted by atomic mass is 10.7. The fourth-order valence-electron chi connectivity index (χ4n) is 0.639. The summed E-state index contributed by atoms with van der Waals surface area (Å²) >= 11 is 0. The molecule has 0 saturated carbocycles. The van der Waals surface area contributed by atoms with Gasteiger partial charge in [0.25, 0.3) is 0 Å². The third-order valence-electron chi connectivity index (χ3n) is 1.36. The van der Waals surface area contributed by atoms with E-state index in [0.29, 0.717) is 5.82 Å². The van der Waals surface area contributed by atoms with Crippen molar-refractivity contribution < 1.29 is 4.79 Å². The second-order valence-electron chi connectivity index (χ2n) is 2.20. The summed E-state index contributed by atoms with van der Waals surface area (Å²) in [5.74, 6) is 0.311. The second-order valence-corrected chi connectivity index (χ2v) is 2.20. The summed E-state index contributed by atoms with van der Waals surface area (Å²) < 4.78 is 0. The summed E-state index contributed by atoms with van der Waals surface area (Å²) in [7, 11) is 1.62. The molecule has 0 aliphatic heterocycles. The van der Waals surface area contributed by atoms with Crippen molar-refractivity contribution in [2.75, 3.05) is 17.8 Å². The van der Waals surface area contributed by atoms with E-state index in [9.17, 15) is 4.79 Å². The molecular weight excluding hydrogens is 144 g/mol. The minimum Gasteiger partial charge on any atom is -0.382 e. The third-order valence-corrected chi connectivity index (χ3v) is 1.36. The van der Waals surface area contributed by atoms with E-state index < -0.39 is 0 Å². The predicted octanol–water partition coefficient (Wildman–Crippen LogP) is -0.420. The van der Waals surface area contributed by atoms with Gasteiger partial charge in [-0.05, 0) is 0 Å². The molecule has 0 spiro atoms. The first kappa shape index (κ1) is 7.59. The highest BCUT2D eigenvalue weighted by Gasteiger charge is 2.03. The topological polar surface area (TPSA) is 64.2 Å². The van der Waals surface area contributed by atoms with E-state index in [1.165, 1.54) is 16.7 Å². The van der Waals surface area contributed by atoms with Crippen molar-refractivity contribution in [1.82, 2.24) is 9.89 Å². The highest BCUT2D eigenvalue weighted by atomic mass is 16.2. The van der Waals surface area contributed by atoms with E-state index in [-0.39, 0.29) is 5.91 Å². The van der Waals surface area contributed by atoms with Gasteiger partial charge in [0.15, 0.2) is 0 Å². The highest BCUT2D eigenvalue weighted by molar-refractivity contribution is 5.82. The van der Waals surface area contributed by atoms with Crippen LogP contribution in [0.2, 0.25) is 0 Å². The minimum absolute atomic E-state index is 0.0897. The van der Waals surface area contributed by atoms with Crippen molar-refractivity contribution in [2.24, 2.45) is 0 Å². The molecule has 0 saturated heterocycles. The molecule has 1 amide bonds. The number of hydrogen-bond acceptors (Lipinski definition) is 3. The Labute approximate surface area is 64.4 Å². The van der Waals surface area contributed by atoms with Crippen LogP contribution in [0.4, 0.5) is 5.82 Å². The van der Waals surface area contributed by atoms with E-state index in [1.54, 1.807) is 19.3 Å². The lowest BCUT2D eigenvalue weighted by Gasteiger charge is -2.13. The molecule has 0 aliphatic carbocycles. The van der Waals surface area contributed by atoms with E-state index in [2.05, 4.69) is 5.10 Å². The van der Waals surface area contributed by atoms with Crippen molar-refractivity contribution in [1.29, 1.82) is 0 Å². The maximum Gasteiger partial charge on any atom is 0.239 e. The number of nitrogens with zero attached hydrogens (tertiary/aromatic N) is 3. The first-order valence-electron chi connectivity index (χ1n) is 3.17. The number of aromatic nitrogens is 2. The molecule has 1 aromatic heterocycles. The standard InChI is InChI=1S/C6H10N4O/c1-5(11)9(2)10-4-3-6(7)8-10/h3-4H,1-2H3,(H2,7,8). The van der Waals surface area contributed by atoms with Crippen molar-refractivity contribution >= 4 is 11.7 Å².